The summed E-state index contributed by atoms with van der Waals surface area (Å²) in [5, 5.41) is 4.06. The fourth-order valence-electron chi connectivity index (χ4n) is 4.18. The smallest absolute Gasteiger partial charge is 0.326 e. The molecule has 1 aliphatic rings. The fourth-order valence-corrected chi connectivity index (χ4v) is 5.74. The molecular formula is C26H13Cl5F6N2O3. The minimum Gasteiger partial charge on any atom is -0.326 e. The third-order valence-corrected chi connectivity index (χ3v) is 7.97. The predicted octanol–water partition coefficient (Wildman–Crippen LogP) is 8.52. The van der Waals surface area contributed by atoms with Gasteiger partial charge in [0.2, 0.25) is 11.7 Å². The number of halogens is 11. The van der Waals surface area contributed by atoms with Gasteiger partial charge in [-0.25, -0.2) is 13.2 Å². The summed E-state index contributed by atoms with van der Waals surface area (Å²) in [5.74, 6) is -10.6. The number of alkyl halides is 5. The van der Waals surface area contributed by atoms with E-state index in [1.54, 1.807) is 0 Å². The molecule has 0 bridgehead atoms. The Morgan fingerprint density at radius 1 is 0.857 bits per heavy atom. The van der Waals surface area contributed by atoms with Gasteiger partial charge in [0.05, 0.1) is 22.2 Å². The number of carbonyl (C=O) groups excluding carboxylic acids is 3. The highest BCUT2D eigenvalue weighted by Gasteiger charge is 2.67. The van der Waals surface area contributed by atoms with Crippen molar-refractivity contribution < 1.29 is 40.7 Å². The number of ketones is 1. The van der Waals surface area contributed by atoms with Gasteiger partial charge in [0.15, 0.2) is 5.82 Å². The average Bonchev–Trinajstić information content (AvgIpc) is 3.46. The molecule has 0 heterocycles. The second-order valence-corrected chi connectivity index (χ2v) is 11.8. The SMILES string of the molecule is O=C(Nc1ccc(F)c(CC(=O)C(F)(F)F)c1F)c1cc(NC(=O)[C@H]2[C@H](c3cc(Cl)cc(Cl)c3)C2(Cl)Cl)cc(F)c1Cl. The molecule has 222 valence electrons. The van der Waals surface area contributed by atoms with Crippen molar-refractivity contribution in [3.8, 4) is 0 Å². The summed E-state index contributed by atoms with van der Waals surface area (Å²) in [6.07, 6.45) is -7.03. The van der Waals surface area contributed by atoms with E-state index < -0.39 is 85.7 Å². The zero-order valence-electron chi connectivity index (χ0n) is 20.3. The summed E-state index contributed by atoms with van der Waals surface area (Å²) < 4.78 is 79.7. The van der Waals surface area contributed by atoms with Crippen LogP contribution in [0.4, 0.5) is 37.7 Å². The third-order valence-electron chi connectivity index (χ3n) is 6.21. The summed E-state index contributed by atoms with van der Waals surface area (Å²) in [6.45, 7) is 0. The number of anilines is 2. The summed E-state index contributed by atoms with van der Waals surface area (Å²) in [4.78, 5) is 37.1. The number of amides is 2. The number of benzene rings is 3. The molecule has 3 aromatic rings. The van der Waals surface area contributed by atoms with E-state index in [1.807, 2.05) is 5.32 Å². The number of carbonyl (C=O) groups is 3. The van der Waals surface area contributed by atoms with Gasteiger partial charge in [-0.2, -0.15) is 13.2 Å². The quantitative estimate of drug-likeness (QED) is 0.193. The van der Waals surface area contributed by atoms with Gasteiger partial charge in [-0.15, -0.1) is 23.2 Å². The Labute approximate surface area is 258 Å². The van der Waals surface area contributed by atoms with Crippen LogP contribution in [0.5, 0.6) is 0 Å². The standard InChI is InChI=1S/C26H13Cl5F6N2O3/c27-10-3-9(4-11(28)5-10)19-20(25(19,30)31)24(42)38-12-6-14(21(29)16(33)7-12)23(41)39-17-2-1-15(32)13(22(17)34)8-18(40)26(35,36)37/h1-7,19-20H,8H2,(H,38,42)(H,39,41)/t19-,20+/m0/s1. The van der Waals surface area contributed by atoms with E-state index in [4.69, 9.17) is 58.0 Å². The molecule has 0 aromatic heterocycles. The largest absolute Gasteiger partial charge is 0.450 e. The lowest BCUT2D eigenvalue weighted by Gasteiger charge is -2.13. The van der Waals surface area contributed by atoms with Crippen LogP contribution in [0.3, 0.4) is 0 Å². The van der Waals surface area contributed by atoms with Gasteiger partial charge < -0.3 is 10.6 Å². The van der Waals surface area contributed by atoms with Crippen molar-refractivity contribution >= 4 is 87.0 Å². The monoisotopic (exact) mass is 690 g/mol. The first kappa shape index (κ1) is 32.2. The Bertz CT molecular complexity index is 1610. The molecule has 0 spiro atoms. The van der Waals surface area contributed by atoms with Crippen molar-refractivity contribution in [2.75, 3.05) is 10.6 Å². The summed E-state index contributed by atoms with van der Waals surface area (Å²) in [5.41, 5.74) is -2.55. The van der Waals surface area contributed by atoms with Gasteiger partial charge in [0.25, 0.3) is 5.91 Å². The lowest BCUT2D eigenvalue weighted by Crippen LogP contribution is -2.26. The molecule has 2 N–H and O–H groups in total. The fraction of sp³-hybridized carbons (Fsp3) is 0.192. The maximum Gasteiger partial charge on any atom is 0.450 e. The van der Waals surface area contributed by atoms with Crippen LogP contribution in [-0.2, 0) is 16.0 Å². The molecule has 4 rings (SSSR count). The zero-order valence-corrected chi connectivity index (χ0v) is 24.1. The molecule has 1 saturated carbocycles. The number of rotatable bonds is 7. The maximum atomic E-state index is 14.8. The van der Waals surface area contributed by atoms with Crippen molar-refractivity contribution in [2.45, 2.75) is 22.8 Å². The van der Waals surface area contributed by atoms with Gasteiger partial charge in [-0.1, -0.05) is 34.8 Å². The van der Waals surface area contributed by atoms with Crippen LogP contribution in [0.25, 0.3) is 0 Å². The summed E-state index contributed by atoms with van der Waals surface area (Å²) in [7, 11) is 0. The Hall–Kier alpha value is -2.70. The minimum atomic E-state index is -5.36. The van der Waals surface area contributed by atoms with Crippen LogP contribution < -0.4 is 10.6 Å². The van der Waals surface area contributed by atoms with Crippen molar-refractivity contribution in [3.05, 3.63) is 91.7 Å². The summed E-state index contributed by atoms with van der Waals surface area (Å²) in [6, 6.07) is 7.37. The molecule has 0 aliphatic heterocycles. The molecule has 0 unspecified atom stereocenters. The minimum absolute atomic E-state index is 0.264. The predicted molar refractivity (Wildman–Crippen MR) is 146 cm³/mol. The Balaban J connectivity index is 1.56. The topological polar surface area (TPSA) is 75.3 Å². The first-order valence-corrected chi connectivity index (χ1v) is 13.3. The van der Waals surface area contributed by atoms with Gasteiger partial charge in [0, 0.05) is 33.6 Å². The second-order valence-electron chi connectivity index (χ2n) is 9.08. The van der Waals surface area contributed by atoms with Crippen molar-refractivity contribution in [1.82, 2.24) is 0 Å². The zero-order chi connectivity index (χ0) is 31.3. The molecule has 2 amide bonds. The molecule has 42 heavy (non-hydrogen) atoms. The van der Waals surface area contributed by atoms with Crippen LogP contribution >= 0.6 is 58.0 Å². The lowest BCUT2D eigenvalue weighted by atomic mass is 10.1. The highest BCUT2D eigenvalue weighted by molar-refractivity contribution is 6.53. The number of hydrogen-bond acceptors (Lipinski definition) is 3. The molecule has 2 atom stereocenters. The van der Waals surface area contributed by atoms with E-state index in [2.05, 4.69) is 5.32 Å². The molecule has 1 fully saturated rings. The molecule has 5 nitrogen and oxygen atoms in total. The molecule has 1 aliphatic carbocycles. The van der Waals surface area contributed by atoms with Crippen molar-refractivity contribution in [1.29, 1.82) is 0 Å². The summed E-state index contributed by atoms with van der Waals surface area (Å²) >= 11 is 30.5. The molecule has 0 saturated heterocycles. The third kappa shape index (κ3) is 6.60. The van der Waals surface area contributed by atoms with Crippen molar-refractivity contribution in [2.24, 2.45) is 5.92 Å². The Morgan fingerprint density at radius 3 is 2.07 bits per heavy atom. The van der Waals surface area contributed by atoms with E-state index in [9.17, 15) is 40.7 Å². The number of nitrogens with one attached hydrogen (secondary N) is 2. The number of Topliss-reactive ketones (excluding diaryl/α,β-unsaturated/α-hetero) is 1. The van der Waals surface area contributed by atoms with Crippen LogP contribution in [0.2, 0.25) is 15.1 Å². The molecule has 3 aromatic carbocycles. The Morgan fingerprint density at radius 2 is 1.48 bits per heavy atom. The van der Waals surface area contributed by atoms with Gasteiger partial charge in [0.1, 0.15) is 16.0 Å². The van der Waals surface area contributed by atoms with E-state index in [1.165, 1.54) is 18.2 Å². The van der Waals surface area contributed by atoms with Gasteiger partial charge in [-0.05, 0) is 48.0 Å². The van der Waals surface area contributed by atoms with E-state index in [0.717, 1.165) is 12.1 Å². The van der Waals surface area contributed by atoms with E-state index in [-0.39, 0.29) is 15.7 Å². The van der Waals surface area contributed by atoms with Gasteiger partial charge in [-0.3, -0.25) is 14.4 Å². The lowest BCUT2D eigenvalue weighted by molar-refractivity contribution is -0.170. The Kier molecular flexibility index (Phi) is 9.02. The van der Waals surface area contributed by atoms with Gasteiger partial charge >= 0.3 is 6.18 Å². The number of hydrogen-bond donors (Lipinski definition) is 2. The highest BCUT2D eigenvalue weighted by Crippen LogP contribution is 2.65. The van der Waals surface area contributed by atoms with Crippen molar-refractivity contribution in [3.63, 3.8) is 0 Å². The molecule has 16 heteroatoms. The van der Waals surface area contributed by atoms with E-state index in [0.29, 0.717) is 17.7 Å². The molecule has 0 radical (unpaired) electrons. The van der Waals surface area contributed by atoms with Crippen LogP contribution in [0.15, 0.2) is 42.5 Å². The average molecular weight is 693 g/mol. The normalized spacial score (nSPS) is 17.5. The molecular weight excluding hydrogens is 680 g/mol. The highest BCUT2D eigenvalue weighted by atomic mass is 35.5. The van der Waals surface area contributed by atoms with Crippen LogP contribution in [-0.4, -0.2) is 28.1 Å². The van der Waals surface area contributed by atoms with E-state index >= 15 is 0 Å². The van der Waals surface area contributed by atoms with Crippen LogP contribution in [0.1, 0.15) is 27.4 Å². The first-order valence-electron chi connectivity index (χ1n) is 11.4. The second kappa shape index (κ2) is 11.8. The first-order chi connectivity index (χ1) is 19.4. The maximum absolute atomic E-state index is 14.8. The van der Waals surface area contributed by atoms with Crippen LogP contribution in [0, 0.1) is 23.4 Å².